The second-order valence-electron chi connectivity index (χ2n) is 6.34. The molecule has 3 N–H and O–H groups in total. The average Bonchev–Trinajstić information content (AvgIpc) is 3.19. The minimum Gasteiger partial charge on any atom is -0.467 e. The molecule has 1 aliphatic heterocycles. The first-order valence-corrected chi connectivity index (χ1v) is 8.16. The third-order valence-electron chi connectivity index (χ3n) is 4.30. The Morgan fingerprint density at radius 1 is 1.42 bits per heavy atom. The van der Waals surface area contributed by atoms with E-state index in [-0.39, 0.29) is 12.0 Å². The number of hydrogen-bond donors (Lipinski definition) is 2. The first-order valence-electron chi connectivity index (χ1n) is 8.16. The molecule has 0 saturated carbocycles. The van der Waals surface area contributed by atoms with Crippen LogP contribution in [-0.2, 0) is 6.54 Å². The summed E-state index contributed by atoms with van der Waals surface area (Å²) in [6, 6.07) is 3.87. The molecule has 2 aromatic heterocycles. The SMILES string of the molecule is CN(C)c1nc(N)nc(CN2CCCC2CC(O)c2ccco2)n1. The zero-order chi connectivity index (χ0) is 17.1. The van der Waals surface area contributed by atoms with Crippen molar-refractivity contribution in [2.45, 2.75) is 38.0 Å². The molecule has 3 rings (SSSR count). The van der Waals surface area contributed by atoms with E-state index in [1.54, 1.807) is 18.4 Å². The van der Waals surface area contributed by atoms with Gasteiger partial charge in [-0.25, -0.2) is 0 Å². The zero-order valence-corrected chi connectivity index (χ0v) is 14.1. The number of nitrogens with zero attached hydrogens (tertiary/aromatic N) is 5. The Hall–Kier alpha value is -2.19. The third-order valence-corrected chi connectivity index (χ3v) is 4.30. The van der Waals surface area contributed by atoms with Gasteiger partial charge >= 0.3 is 0 Å². The summed E-state index contributed by atoms with van der Waals surface area (Å²) >= 11 is 0. The maximum atomic E-state index is 10.3. The molecule has 2 aromatic rings. The molecule has 1 saturated heterocycles. The monoisotopic (exact) mass is 332 g/mol. The van der Waals surface area contributed by atoms with Crippen LogP contribution in [0.5, 0.6) is 0 Å². The highest BCUT2D eigenvalue weighted by Crippen LogP contribution is 2.28. The molecule has 0 spiro atoms. The number of nitrogen functional groups attached to an aromatic ring is 1. The highest BCUT2D eigenvalue weighted by Gasteiger charge is 2.28. The number of anilines is 2. The molecular weight excluding hydrogens is 308 g/mol. The number of nitrogens with two attached hydrogens (primary N) is 1. The molecule has 0 aliphatic carbocycles. The summed E-state index contributed by atoms with van der Waals surface area (Å²) < 4.78 is 5.29. The quantitative estimate of drug-likeness (QED) is 0.813. The molecule has 0 aromatic carbocycles. The van der Waals surface area contributed by atoms with Gasteiger partial charge in [0.15, 0.2) is 0 Å². The Morgan fingerprint density at radius 3 is 2.96 bits per heavy atom. The summed E-state index contributed by atoms with van der Waals surface area (Å²) in [7, 11) is 3.74. The van der Waals surface area contributed by atoms with Gasteiger partial charge in [-0.05, 0) is 37.9 Å². The maximum Gasteiger partial charge on any atom is 0.229 e. The van der Waals surface area contributed by atoms with E-state index in [1.807, 2.05) is 19.0 Å². The molecule has 8 heteroatoms. The summed E-state index contributed by atoms with van der Waals surface area (Å²) in [6.07, 6.45) is 3.76. The van der Waals surface area contributed by atoms with E-state index in [0.29, 0.717) is 30.5 Å². The van der Waals surface area contributed by atoms with Crippen LogP contribution >= 0.6 is 0 Å². The third kappa shape index (κ3) is 3.82. The van der Waals surface area contributed by atoms with Gasteiger partial charge in [0.2, 0.25) is 11.9 Å². The van der Waals surface area contributed by atoms with Gasteiger partial charge in [-0.1, -0.05) is 0 Å². The van der Waals surface area contributed by atoms with Gasteiger partial charge in [0.1, 0.15) is 17.7 Å². The summed E-state index contributed by atoms with van der Waals surface area (Å²) in [5.74, 6) is 2.06. The van der Waals surface area contributed by atoms with E-state index in [1.165, 1.54) is 0 Å². The summed E-state index contributed by atoms with van der Waals surface area (Å²) in [5, 5.41) is 10.3. The van der Waals surface area contributed by atoms with E-state index >= 15 is 0 Å². The number of hydrogen-bond acceptors (Lipinski definition) is 8. The number of furan rings is 1. The van der Waals surface area contributed by atoms with Crippen LogP contribution in [0.4, 0.5) is 11.9 Å². The van der Waals surface area contributed by atoms with E-state index in [0.717, 1.165) is 19.4 Å². The lowest BCUT2D eigenvalue weighted by molar-refractivity contribution is 0.0986. The molecular formula is C16H24N6O2. The van der Waals surface area contributed by atoms with Crippen molar-refractivity contribution in [1.29, 1.82) is 0 Å². The molecule has 0 bridgehead atoms. The largest absolute Gasteiger partial charge is 0.467 e. The summed E-state index contributed by atoms with van der Waals surface area (Å²) in [6.45, 7) is 1.56. The topological polar surface area (TPSA) is 105 Å². The van der Waals surface area contributed by atoms with Crippen molar-refractivity contribution < 1.29 is 9.52 Å². The predicted molar refractivity (Wildman–Crippen MR) is 90.3 cm³/mol. The lowest BCUT2D eigenvalue weighted by atomic mass is 10.1. The normalized spacial score (nSPS) is 19.5. The Balaban J connectivity index is 1.68. The van der Waals surface area contributed by atoms with Crippen molar-refractivity contribution in [3.8, 4) is 0 Å². The maximum absolute atomic E-state index is 10.3. The van der Waals surface area contributed by atoms with Crippen molar-refractivity contribution in [2.75, 3.05) is 31.3 Å². The molecule has 8 nitrogen and oxygen atoms in total. The average molecular weight is 332 g/mol. The Morgan fingerprint density at radius 2 is 2.25 bits per heavy atom. The molecule has 130 valence electrons. The lowest BCUT2D eigenvalue weighted by Crippen LogP contribution is -2.31. The fourth-order valence-corrected chi connectivity index (χ4v) is 3.10. The van der Waals surface area contributed by atoms with Crippen molar-refractivity contribution >= 4 is 11.9 Å². The number of aliphatic hydroxyl groups excluding tert-OH is 1. The van der Waals surface area contributed by atoms with E-state index in [4.69, 9.17) is 10.2 Å². The van der Waals surface area contributed by atoms with Crippen LogP contribution in [0.2, 0.25) is 0 Å². The Bertz CT molecular complexity index is 661. The summed E-state index contributed by atoms with van der Waals surface area (Å²) in [4.78, 5) is 16.9. The highest BCUT2D eigenvalue weighted by atomic mass is 16.4. The predicted octanol–water partition coefficient (Wildman–Crippen LogP) is 1.20. The van der Waals surface area contributed by atoms with Gasteiger partial charge in [-0.15, -0.1) is 0 Å². The van der Waals surface area contributed by atoms with Crippen LogP contribution < -0.4 is 10.6 Å². The molecule has 2 atom stereocenters. The second-order valence-corrected chi connectivity index (χ2v) is 6.34. The van der Waals surface area contributed by atoms with E-state index in [9.17, 15) is 5.11 Å². The minimum atomic E-state index is -0.591. The Labute approximate surface area is 141 Å². The van der Waals surface area contributed by atoms with Crippen molar-refractivity contribution in [2.24, 2.45) is 0 Å². The van der Waals surface area contributed by atoms with Gasteiger partial charge in [-0.3, -0.25) is 4.90 Å². The molecule has 24 heavy (non-hydrogen) atoms. The summed E-state index contributed by atoms with van der Waals surface area (Å²) in [5.41, 5.74) is 5.79. The fourth-order valence-electron chi connectivity index (χ4n) is 3.10. The number of aliphatic hydroxyl groups is 1. The van der Waals surface area contributed by atoms with Crippen LogP contribution in [0.1, 0.15) is 37.0 Å². The van der Waals surface area contributed by atoms with Crippen molar-refractivity contribution in [3.05, 3.63) is 30.0 Å². The van der Waals surface area contributed by atoms with Crippen LogP contribution in [0, 0.1) is 0 Å². The fraction of sp³-hybridized carbons (Fsp3) is 0.562. The lowest BCUT2D eigenvalue weighted by Gasteiger charge is -2.25. The van der Waals surface area contributed by atoms with Gasteiger partial charge in [-0.2, -0.15) is 15.0 Å². The number of likely N-dealkylation sites (tertiary alicyclic amines) is 1. The molecule has 1 fully saturated rings. The first-order chi connectivity index (χ1) is 11.5. The van der Waals surface area contributed by atoms with E-state index in [2.05, 4.69) is 19.9 Å². The number of aromatic nitrogens is 3. The van der Waals surface area contributed by atoms with Crippen molar-refractivity contribution in [3.63, 3.8) is 0 Å². The number of rotatable bonds is 6. The van der Waals surface area contributed by atoms with Gasteiger partial charge in [0.25, 0.3) is 0 Å². The van der Waals surface area contributed by atoms with Crippen molar-refractivity contribution in [1.82, 2.24) is 19.9 Å². The molecule has 0 radical (unpaired) electrons. The standard InChI is InChI=1S/C16H24N6O2/c1-21(2)16-19-14(18-15(17)20-16)10-22-7-3-5-11(22)9-12(23)13-6-4-8-24-13/h4,6,8,11-12,23H,3,5,7,9-10H2,1-2H3,(H2,17,18,19,20). The zero-order valence-electron chi connectivity index (χ0n) is 14.1. The molecule has 0 amide bonds. The van der Waals surface area contributed by atoms with Crippen LogP contribution in [-0.4, -0.2) is 51.6 Å². The molecule has 3 heterocycles. The second kappa shape index (κ2) is 7.14. The van der Waals surface area contributed by atoms with E-state index < -0.39 is 6.10 Å². The molecule has 2 unspecified atom stereocenters. The minimum absolute atomic E-state index is 0.232. The van der Waals surface area contributed by atoms with Gasteiger partial charge in [0.05, 0.1) is 12.8 Å². The smallest absolute Gasteiger partial charge is 0.229 e. The Kier molecular flexibility index (Phi) is 4.96. The van der Waals surface area contributed by atoms with Crippen LogP contribution in [0.15, 0.2) is 22.8 Å². The van der Waals surface area contributed by atoms with Gasteiger partial charge in [0, 0.05) is 20.1 Å². The van der Waals surface area contributed by atoms with Gasteiger partial charge < -0.3 is 20.2 Å². The molecule has 1 aliphatic rings. The highest BCUT2D eigenvalue weighted by molar-refractivity contribution is 5.32. The van der Waals surface area contributed by atoms with Crippen LogP contribution in [0.3, 0.4) is 0 Å². The van der Waals surface area contributed by atoms with Crippen LogP contribution in [0.25, 0.3) is 0 Å². The first kappa shape index (κ1) is 16.7.